The summed E-state index contributed by atoms with van der Waals surface area (Å²) in [6.07, 6.45) is 99.9. The Kier molecular flexibility index (Phi) is 65.8. The van der Waals surface area contributed by atoms with Crippen LogP contribution < -0.4 is 0 Å². The highest BCUT2D eigenvalue weighted by Crippen LogP contribution is 2.16. The summed E-state index contributed by atoms with van der Waals surface area (Å²) in [7, 11) is 0. The van der Waals surface area contributed by atoms with Crippen molar-refractivity contribution in [2.75, 3.05) is 13.2 Å². The number of unbranched alkanes of at least 4 members (excludes halogenated alkanes) is 26. The van der Waals surface area contributed by atoms with Gasteiger partial charge in [0.15, 0.2) is 6.10 Å². The van der Waals surface area contributed by atoms with Crippen molar-refractivity contribution in [1.82, 2.24) is 0 Å². The molecule has 470 valence electrons. The molecule has 0 saturated carbocycles. The van der Waals surface area contributed by atoms with E-state index >= 15 is 0 Å². The number of carbonyl (C=O) groups is 3. The molecule has 0 N–H and O–H groups in total. The second-order valence-corrected chi connectivity index (χ2v) is 22.3. The zero-order valence-corrected chi connectivity index (χ0v) is 53.9. The lowest BCUT2D eigenvalue weighted by Gasteiger charge is -2.18. The van der Waals surface area contributed by atoms with Gasteiger partial charge >= 0.3 is 17.9 Å². The number of esters is 3. The Bertz CT molecular complexity index is 1800. The molecular weight excluding hydrogens is 1020 g/mol. The summed E-state index contributed by atoms with van der Waals surface area (Å²) in [5.74, 6) is -0.913. The predicted molar refractivity (Wildman–Crippen MR) is 362 cm³/mol. The third-order valence-corrected chi connectivity index (χ3v) is 14.3. The molecule has 0 aromatic carbocycles. The van der Waals surface area contributed by atoms with Gasteiger partial charge in [-0.05, 0) is 141 Å². The average molecular weight is 1150 g/mol. The molecule has 0 aromatic rings. The van der Waals surface area contributed by atoms with Crippen molar-refractivity contribution in [3.63, 3.8) is 0 Å². The van der Waals surface area contributed by atoms with Gasteiger partial charge in [0.1, 0.15) is 13.2 Å². The first kappa shape index (κ1) is 78.3. The molecule has 1 unspecified atom stereocenters. The van der Waals surface area contributed by atoms with Gasteiger partial charge in [0, 0.05) is 19.3 Å². The molecule has 6 heteroatoms. The maximum Gasteiger partial charge on any atom is 0.306 e. The van der Waals surface area contributed by atoms with Crippen LogP contribution in [0.5, 0.6) is 0 Å². The Morgan fingerprint density at radius 2 is 0.470 bits per heavy atom. The molecule has 0 aliphatic carbocycles. The number of carbonyl (C=O) groups excluding carboxylic acids is 3. The zero-order valence-electron chi connectivity index (χ0n) is 53.9. The maximum atomic E-state index is 13.0. The van der Waals surface area contributed by atoms with Crippen molar-refractivity contribution in [2.24, 2.45) is 0 Å². The largest absolute Gasteiger partial charge is 0.462 e. The van der Waals surface area contributed by atoms with Crippen molar-refractivity contribution >= 4 is 17.9 Å². The molecule has 83 heavy (non-hydrogen) atoms. The molecule has 0 fully saturated rings. The first-order valence-corrected chi connectivity index (χ1v) is 34.3. The van der Waals surface area contributed by atoms with Crippen molar-refractivity contribution in [2.45, 2.75) is 309 Å². The van der Waals surface area contributed by atoms with Gasteiger partial charge in [-0.1, -0.05) is 289 Å². The fraction of sp³-hybridized carbons (Fsp3) is 0.649. The quantitative estimate of drug-likeness (QED) is 0.0261. The summed E-state index contributed by atoms with van der Waals surface area (Å²) in [4.78, 5) is 38.5. The summed E-state index contributed by atoms with van der Waals surface area (Å²) in [6, 6.07) is 0. The molecule has 0 bridgehead atoms. The molecule has 6 nitrogen and oxygen atoms in total. The molecule has 0 heterocycles. The molecule has 0 aliphatic rings. The van der Waals surface area contributed by atoms with E-state index in [9.17, 15) is 14.4 Å². The Hall–Kier alpha value is -4.71. The van der Waals surface area contributed by atoms with Crippen LogP contribution in [0, 0.1) is 0 Å². The van der Waals surface area contributed by atoms with E-state index in [1.54, 1.807) is 0 Å². The van der Waals surface area contributed by atoms with Crippen LogP contribution in [-0.4, -0.2) is 37.2 Å². The number of rotatable bonds is 61. The van der Waals surface area contributed by atoms with Gasteiger partial charge in [0.25, 0.3) is 0 Å². The maximum absolute atomic E-state index is 13.0. The van der Waals surface area contributed by atoms with Crippen LogP contribution in [0.15, 0.2) is 146 Å². The smallest absolute Gasteiger partial charge is 0.306 e. The third-order valence-electron chi connectivity index (χ3n) is 14.3. The standard InChI is InChI=1S/C77H126O6/c1-4-7-10-13-16-19-22-25-28-30-32-34-36-38-40-42-44-46-49-52-55-58-61-64-67-70-76(79)82-73-74(72-81-75(78)69-66-63-60-57-54-51-48-27-24-21-18-15-12-9-6-3)83-77(80)71-68-65-62-59-56-53-50-47-45-43-41-39-37-35-33-31-29-26-23-20-17-14-11-8-5-2/h7-8,10-11,16-21,25-29,32-35,38-41,48,74H,4-6,9,12-15,22-24,30-31,36-37,42-47,49-73H2,1-3H3/b10-7-,11-8-,19-16-,20-17-,21-18-,28-25-,29-26-,34-32-,35-33-,40-38-,41-39-,48-27-. The molecule has 0 saturated heterocycles. The first-order chi connectivity index (χ1) is 41.0. The highest BCUT2D eigenvalue weighted by atomic mass is 16.6. The van der Waals surface area contributed by atoms with Gasteiger partial charge in [-0.3, -0.25) is 14.4 Å². The van der Waals surface area contributed by atoms with Gasteiger partial charge in [-0.2, -0.15) is 0 Å². The third kappa shape index (κ3) is 68.0. The van der Waals surface area contributed by atoms with Gasteiger partial charge in [0.2, 0.25) is 0 Å². The van der Waals surface area contributed by atoms with Crippen LogP contribution in [-0.2, 0) is 28.6 Å². The van der Waals surface area contributed by atoms with Gasteiger partial charge in [-0.15, -0.1) is 0 Å². The highest BCUT2D eigenvalue weighted by Gasteiger charge is 2.19. The Balaban J connectivity index is 4.40. The van der Waals surface area contributed by atoms with Crippen LogP contribution in [0.3, 0.4) is 0 Å². The van der Waals surface area contributed by atoms with Gasteiger partial charge in [-0.25, -0.2) is 0 Å². The first-order valence-electron chi connectivity index (χ1n) is 34.3. The molecular formula is C77H126O6. The lowest BCUT2D eigenvalue weighted by atomic mass is 10.1. The van der Waals surface area contributed by atoms with Crippen LogP contribution in [0.1, 0.15) is 303 Å². The van der Waals surface area contributed by atoms with E-state index in [0.29, 0.717) is 19.3 Å². The summed E-state index contributed by atoms with van der Waals surface area (Å²) < 4.78 is 17.0. The van der Waals surface area contributed by atoms with Crippen LogP contribution in [0.4, 0.5) is 0 Å². The average Bonchev–Trinajstić information content (AvgIpc) is 3.49. The summed E-state index contributed by atoms with van der Waals surface area (Å²) in [5.41, 5.74) is 0. The van der Waals surface area contributed by atoms with E-state index in [0.717, 1.165) is 161 Å². The second kappa shape index (κ2) is 69.8. The van der Waals surface area contributed by atoms with E-state index in [2.05, 4.69) is 167 Å². The normalized spacial score (nSPS) is 13.0. The van der Waals surface area contributed by atoms with Crippen molar-refractivity contribution in [1.29, 1.82) is 0 Å². The van der Waals surface area contributed by atoms with Crippen molar-refractivity contribution in [3.8, 4) is 0 Å². The molecule has 0 radical (unpaired) electrons. The summed E-state index contributed by atoms with van der Waals surface area (Å²) >= 11 is 0. The lowest BCUT2D eigenvalue weighted by molar-refractivity contribution is -0.167. The summed E-state index contributed by atoms with van der Waals surface area (Å²) in [6.45, 7) is 6.38. The zero-order chi connectivity index (χ0) is 59.9. The minimum Gasteiger partial charge on any atom is -0.462 e. The number of ether oxygens (including phenoxy) is 3. The Labute approximate surface area is 512 Å². The Morgan fingerprint density at radius 1 is 0.253 bits per heavy atom. The monoisotopic (exact) mass is 1150 g/mol. The lowest BCUT2D eigenvalue weighted by Crippen LogP contribution is -2.30. The minimum absolute atomic E-state index is 0.0923. The molecule has 0 spiro atoms. The summed E-state index contributed by atoms with van der Waals surface area (Å²) in [5, 5.41) is 0. The van der Waals surface area contributed by atoms with E-state index in [4.69, 9.17) is 14.2 Å². The van der Waals surface area contributed by atoms with Crippen molar-refractivity contribution < 1.29 is 28.6 Å². The second-order valence-electron chi connectivity index (χ2n) is 22.3. The van der Waals surface area contributed by atoms with Crippen molar-refractivity contribution in [3.05, 3.63) is 146 Å². The van der Waals surface area contributed by atoms with Crippen LogP contribution in [0.25, 0.3) is 0 Å². The molecule has 1 atom stereocenters. The fourth-order valence-electron chi connectivity index (χ4n) is 9.23. The molecule has 0 aliphatic heterocycles. The SMILES string of the molecule is CC/C=C\C/C=C\C/C=C\C/C=C\C/C=C\CCCCCCCCCCCC(=O)OCC(COC(=O)CCCCCCC/C=C\C/C=C\CCCCC)OC(=O)CCCCCCCCCCC/C=C\C/C=C\C/C=C\C/C=C\C/C=C\CC. The van der Waals surface area contributed by atoms with E-state index in [1.807, 2.05) is 0 Å². The number of allylic oxidation sites excluding steroid dienone is 24. The van der Waals surface area contributed by atoms with Gasteiger partial charge in [0.05, 0.1) is 0 Å². The van der Waals surface area contributed by atoms with E-state index in [-0.39, 0.29) is 31.1 Å². The molecule has 0 aromatic heterocycles. The fourth-order valence-corrected chi connectivity index (χ4v) is 9.23. The predicted octanol–water partition coefficient (Wildman–Crippen LogP) is 23.9. The Morgan fingerprint density at radius 3 is 0.735 bits per heavy atom. The number of hydrogen-bond donors (Lipinski definition) is 0. The van der Waals surface area contributed by atoms with E-state index < -0.39 is 6.10 Å². The van der Waals surface area contributed by atoms with Gasteiger partial charge < -0.3 is 14.2 Å². The molecule has 0 rings (SSSR count). The van der Waals surface area contributed by atoms with Crippen LogP contribution in [0.2, 0.25) is 0 Å². The number of hydrogen-bond acceptors (Lipinski definition) is 6. The highest BCUT2D eigenvalue weighted by molar-refractivity contribution is 5.71. The minimum atomic E-state index is -0.798. The van der Waals surface area contributed by atoms with E-state index in [1.165, 1.54) is 103 Å². The van der Waals surface area contributed by atoms with Crippen LogP contribution >= 0.6 is 0 Å². The topological polar surface area (TPSA) is 78.9 Å². The molecule has 0 amide bonds.